The van der Waals surface area contributed by atoms with Crippen LogP contribution in [0.1, 0.15) is 56.3 Å². The Morgan fingerprint density at radius 1 is 1.23 bits per heavy atom. The third-order valence-electron chi connectivity index (χ3n) is 3.87. The summed E-state index contributed by atoms with van der Waals surface area (Å²) in [5.74, 6) is 0.754. The number of hydrogen-bond acceptors (Lipinski definition) is 4. The van der Waals surface area contributed by atoms with Crippen molar-refractivity contribution < 1.29 is 14.3 Å². The van der Waals surface area contributed by atoms with Gasteiger partial charge in [0.15, 0.2) is 5.78 Å². The first-order valence-electron chi connectivity index (χ1n) is 8.12. The molecule has 1 rings (SSSR count). The Morgan fingerprint density at radius 2 is 1.91 bits per heavy atom. The predicted octanol–water partition coefficient (Wildman–Crippen LogP) is 3.58. The van der Waals surface area contributed by atoms with Crippen molar-refractivity contribution in [3.8, 4) is 5.75 Å². The van der Waals surface area contributed by atoms with Crippen LogP contribution >= 0.6 is 0 Å². The van der Waals surface area contributed by atoms with Crippen LogP contribution in [0.2, 0.25) is 0 Å². The summed E-state index contributed by atoms with van der Waals surface area (Å²) in [5, 5.41) is 0. The maximum absolute atomic E-state index is 11.9. The molecule has 0 radical (unpaired) electrons. The van der Waals surface area contributed by atoms with Crippen molar-refractivity contribution in [3.63, 3.8) is 0 Å². The minimum absolute atomic E-state index is 0.0491. The normalized spacial score (nSPS) is 11.5. The van der Waals surface area contributed by atoms with E-state index in [1.165, 1.54) is 0 Å². The summed E-state index contributed by atoms with van der Waals surface area (Å²) in [6.45, 7) is 5.16. The van der Waals surface area contributed by atoms with Crippen LogP contribution in [0.4, 0.5) is 0 Å². The molecule has 0 aliphatic rings. The quantitative estimate of drug-likeness (QED) is 0.635. The Hall–Kier alpha value is -1.39. The van der Waals surface area contributed by atoms with Gasteiger partial charge in [0.25, 0.3) is 0 Å². The average molecular weight is 307 g/mol. The summed E-state index contributed by atoms with van der Waals surface area (Å²) in [6.07, 6.45) is 4.38. The van der Waals surface area contributed by atoms with E-state index in [4.69, 9.17) is 15.2 Å². The molecule has 0 bridgehead atoms. The van der Waals surface area contributed by atoms with Gasteiger partial charge in [0.2, 0.25) is 0 Å². The van der Waals surface area contributed by atoms with Gasteiger partial charge >= 0.3 is 0 Å². The van der Waals surface area contributed by atoms with Gasteiger partial charge < -0.3 is 15.2 Å². The van der Waals surface area contributed by atoms with E-state index in [2.05, 4.69) is 13.8 Å². The number of ether oxygens (including phenoxy) is 2. The van der Waals surface area contributed by atoms with Crippen LogP contribution in [0.3, 0.4) is 0 Å². The lowest BCUT2D eigenvalue weighted by molar-refractivity contribution is -0.0572. The molecule has 0 heterocycles. The number of methoxy groups -OCH3 is 1. The van der Waals surface area contributed by atoms with Crippen LogP contribution in [0.25, 0.3) is 0 Å². The van der Waals surface area contributed by atoms with Crippen molar-refractivity contribution in [2.45, 2.75) is 51.6 Å². The zero-order valence-electron chi connectivity index (χ0n) is 14.1. The van der Waals surface area contributed by atoms with Gasteiger partial charge in [0, 0.05) is 19.1 Å². The minimum Gasteiger partial charge on any atom is -0.491 e. The van der Waals surface area contributed by atoms with Crippen molar-refractivity contribution in [1.29, 1.82) is 0 Å². The van der Waals surface area contributed by atoms with Crippen molar-refractivity contribution in [2.75, 3.05) is 20.3 Å². The van der Waals surface area contributed by atoms with Crippen LogP contribution in [0.5, 0.6) is 5.75 Å². The lowest BCUT2D eigenvalue weighted by Crippen LogP contribution is -2.38. The van der Waals surface area contributed by atoms with Gasteiger partial charge in [-0.15, -0.1) is 0 Å². The van der Waals surface area contributed by atoms with Crippen molar-refractivity contribution in [1.82, 2.24) is 0 Å². The van der Waals surface area contributed by atoms with Gasteiger partial charge in [0.1, 0.15) is 18.0 Å². The highest BCUT2D eigenvalue weighted by Crippen LogP contribution is 2.25. The maximum atomic E-state index is 11.9. The molecule has 0 aromatic heterocycles. The molecule has 0 atom stereocenters. The van der Waals surface area contributed by atoms with Gasteiger partial charge in [-0.25, -0.2) is 0 Å². The zero-order chi connectivity index (χ0) is 16.4. The summed E-state index contributed by atoms with van der Waals surface area (Å²) in [7, 11) is 1.75. The van der Waals surface area contributed by atoms with Gasteiger partial charge in [-0.1, -0.05) is 38.8 Å². The standard InChI is InChI=1S/C18H29NO3/c1-4-10-18(21-3,11-5-2)14-22-16-8-6-7-15(13-16)17(20)9-12-19/h6-8,13H,4-5,9-12,14,19H2,1-3H3. The molecule has 0 saturated heterocycles. The summed E-state index contributed by atoms with van der Waals surface area (Å²) in [6, 6.07) is 7.30. The van der Waals surface area contributed by atoms with E-state index in [1.807, 2.05) is 12.1 Å². The van der Waals surface area contributed by atoms with Gasteiger partial charge in [-0.2, -0.15) is 0 Å². The Morgan fingerprint density at radius 3 is 2.45 bits per heavy atom. The highest BCUT2D eigenvalue weighted by molar-refractivity contribution is 5.96. The number of Topliss-reactive ketones (excluding diaryl/α,β-unsaturated/α-hetero) is 1. The third kappa shape index (κ3) is 5.43. The summed E-state index contributed by atoms with van der Waals surface area (Å²) >= 11 is 0. The second-order valence-corrected chi connectivity index (χ2v) is 5.67. The van der Waals surface area contributed by atoms with E-state index >= 15 is 0 Å². The number of benzene rings is 1. The molecule has 1 aromatic rings. The molecule has 0 aliphatic heterocycles. The first kappa shape index (κ1) is 18.7. The molecule has 0 amide bonds. The number of nitrogens with two attached hydrogens (primary N) is 1. The average Bonchev–Trinajstić information content (AvgIpc) is 2.53. The number of carbonyl (C=O) groups is 1. The van der Waals surface area contributed by atoms with E-state index in [0.717, 1.165) is 25.7 Å². The molecule has 0 fully saturated rings. The molecule has 0 saturated carbocycles. The predicted molar refractivity (Wildman–Crippen MR) is 89.5 cm³/mol. The third-order valence-corrected chi connectivity index (χ3v) is 3.87. The van der Waals surface area contributed by atoms with Gasteiger partial charge in [-0.3, -0.25) is 4.79 Å². The van der Waals surface area contributed by atoms with Crippen LogP contribution < -0.4 is 10.5 Å². The highest BCUT2D eigenvalue weighted by atomic mass is 16.5. The number of carbonyl (C=O) groups excluding carboxylic acids is 1. The molecule has 4 nitrogen and oxygen atoms in total. The smallest absolute Gasteiger partial charge is 0.164 e. The van der Waals surface area contributed by atoms with Crippen LogP contribution in [0, 0.1) is 0 Å². The van der Waals surface area contributed by atoms with Crippen LogP contribution in [-0.4, -0.2) is 31.6 Å². The fraction of sp³-hybridized carbons (Fsp3) is 0.611. The monoisotopic (exact) mass is 307 g/mol. The first-order valence-corrected chi connectivity index (χ1v) is 8.12. The van der Waals surface area contributed by atoms with Crippen LogP contribution in [0.15, 0.2) is 24.3 Å². The Labute approximate surface area is 134 Å². The topological polar surface area (TPSA) is 61.5 Å². The Bertz CT molecular complexity index is 453. The fourth-order valence-corrected chi connectivity index (χ4v) is 2.69. The molecule has 1 aromatic carbocycles. The molecule has 0 spiro atoms. The molecule has 4 heteroatoms. The molecule has 0 unspecified atom stereocenters. The molecule has 124 valence electrons. The minimum atomic E-state index is -0.249. The van der Waals surface area contributed by atoms with Crippen molar-refractivity contribution in [2.24, 2.45) is 5.73 Å². The summed E-state index contributed by atoms with van der Waals surface area (Å²) < 4.78 is 11.7. The van der Waals surface area contributed by atoms with Gasteiger partial charge in [-0.05, 0) is 31.5 Å². The largest absolute Gasteiger partial charge is 0.491 e. The molecule has 22 heavy (non-hydrogen) atoms. The highest BCUT2D eigenvalue weighted by Gasteiger charge is 2.29. The summed E-state index contributed by atoms with van der Waals surface area (Å²) in [5.41, 5.74) is 5.84. The fourth-order valence-electron chi connectivity index (χ4n) is 2.69. The van der Waals surface area contributed by atoms with E-state index < -0.39 is 0 Å². The molecular formula is C18H29NO3. The van der Waals surface area contributed by atoms with E-state index in [9.17, 15) is 4.79 Å². The summed E-state index contributed by atoms with van der Waals surface area (Å²) in [4.78, 5) is 11.9. The lowest BCUT2D eigenvalue weighted by atomic mass is 9.93. The number of rotatable bonds is 11. The molecule has 2 N–H and O–H groups in total. The van der Waals surface area contributed by atoms with Crippen LogP contribution in [-0.2, 0) is 4.74 Å². The number of ketones is 1. The van der Waals surface area contributed by atoms with E-state index in [-0.39, 0.29) is 11.4 Å². The van der Waals surface area contributed by atoms with E-state index in [1.54, 1.807) is 19.2 Å². The maximum Gasteiger partial charge on any atom is 0.164 e. The molecule has 0 aliphatic carbocycles. The van der Waals surface area contributed by atoms with Gasteiger partial charge in [0.05, 0.1) is 0 Å². The Kier molecular flexibility index (Phi) is 8.13. The Balaban J connectivity index is 2.76. The molecular weight excluding hydrogens is 278 g/mol. The van der Waals surface area contributed by atoms with Crippen molar-refractivity contribution in [3.05, 3.63) is 29.8 Å². The number of hydrogen-bond donors (Lipinski definition) is 1. The second kappa shape index (κ2) is 9.59. The second-order valence-electron chi connectivity index (χ2n) is 5.67. The van der Waals surface area contributed by atoms with E-state index in [0.29, 0.717) is 30.9 Å². The first-order chi connectivity index (χ1) is 10.6. The van der Waals surface area contributed by atoms with Crippen molar-refractivity contribution >= 4 is 5.78 Å². The zero-order valence-corrected chi connectivity index (χ0v) is 14.1. The lowest BCUT2D eigenvalue weighted by Gasteiger charge is -2.32. The SMILES string of the molecule is CCCC(CCC)(COc1cccc(C(=O)CCN)c1)OC.